The van der Waals surface area contributed by atoms with Gasteiger partial charge in [-0.25, -0.2) is 0 Å². The second-order valence-corrected chi connectivity index (χ2v) is 4.92. The van der Waals surface area contributed by atoms with Gasteiger partial charge < -0.3 is 4.90 Å². The van der Waals surface area contributed by atoms with Gasteiger partial charge in [-0.2, -0.15) is 0 Å². The Bertz CT molecular complexity index is 337. The lowest BCUT2D eigenvalue weighted by Gasteiger charge is -2.30. The Hall–Kier alpha value is -0.210. The summed E-state index contributed by atoms with van der Waals surface area (Å²) in [6.45, 7) is 4.45. The summed E-state index contributed by atoms with van der Waals surface area (Å²) in [5.41, 5.74) is 2.41. The van der Waals surface area contributed by atoms with E-state index in [0.29, 0.717) is 6.04 Å². The van der Waals surface area contributed by atoms with Gasteiger partial charge in [0, 0.05) is 34.7 Å². The zero-order valence-electron chi connectivity index (χ0n) is 10.1. The maximum absolute atomic E-state index is 6.21. The van der Waals surface area contributed by atoms with Gasteiger partial charge >= 0.3 is 0 Å². The van der Waals surface area contributed by atoms with Crippen LogP contribution >= 0.6 is 27.5 Å². The van der Waals surface area contributed by atoms with Gasteiger partial charge in [0.1, 0.15) is 0 Å². The first-order valence-corrected chi connectivity index (χ1v) is 7.21. The Morgan fingerprint density at radius 3 is 2.44 bits per heavy atom. The van der Waals surface area contributed by atoms with E-state index >= 15 is 0 Å². The summed E-state index contributed by atoms with van der Waals surface area (Å²) in [4.78, 5) is 2.34. The highest BCUT2D eigenvalue weighted by atomic mass is 79.9. The minimum Gasteiger partial charge on any atom is -0.371 e. The van der Waals surface area contributed by atoms with E-state index < -0.39 is 0 Å². The highest BCUT2D eigenvalue weighted by Gasteiger charge is 2.15. The van der Waals surface area contributed by atoms with Crippen LogP contribution in [0.4, 0.5) is 5.69 Å². The van der Waals surface area contributed by atoms with Crippen molar-refractivity contribution in [2.24, 2.45) is 0 Å². The molecule has 0 amide bonds. The minimum atomic E-state index is 0.580. The number of nitrogens with zero attached hydrogens (tertiary/aromatic N) is 1. The van der Waals surface area contributed by atoms with Crippen LogP contribution in [-0.4, -0.2) is 13.1 Å². The molecule has 0 fully saturated rings. The third-order valence-electron chi connectivity index (χ3n) is 3.10. The van der Waals surface area contributed by atoms with E-state index in [2.05, 4.69) is 47.8 Å². The maximum atomic E-state index is 6.21. The molecule has 1 rings (SSSR count). The van der Waals surface area contributed by atoms with Gasteiger partial charge in [-0.1, -0.05) is 47.4 Å². The van der Waals surface area contributed by atoms with Crippen LogP contribution in [0.1, 0.15) is 32.3 Å². The lowest BCUT2D eigenvalue weighted by atomic mass is 10.1. The van der Waals surface area contributed by atoms with E-state index in [9.17, 15) is 0 Å². The fraction of sp³-hybridized carbons (Fsp3) is 0.538. The Morgan fingerprint density at radius 2 is 1.94 bits per heavy atom. The monoisotopic (exact) mass is 303 g/mol. The van der Waals surface area contributed by atoms with Crippen molar-refractivity contribution >= 4 is 33.2 Å². The van der Waals surface area contributed by atoms with Crippen LogP contribution in [0, 0.1) is 0 Å². The summed E-state index contributed by atoms with van der Waals surface area (Å²) in [5.74, 6) is 0. The smallest absolute Gasteiger partial charge is 0.0467 e. The number of alkyl halides is 1. The summed E-state index contributed by atoms with van der Waals surface area (Å²) >= 11 is 9.72. The van der Waals surface area contributed by atoms with E-state index in [4.69, 9.17) is 11.6 Å². The molecule has 3 heteroatoms. The molecule has 0 heterocycles. The standard InChI is InChI=1S/C13H19BrClN/c1-4-10(5-2)16(3)13-8-6-7-12(15)11(13)9-14/h6-8,10H,4-5,9H2,1-3H3. The van der Waals surface area contributed by atoms with E-state index in [1.54, 1.807) is 0 Å². The van der Waals surface area contributed by atoms with Gasteiger partial charge in [0.05, 0.1) is 0 Å². The SMILES string of the molecule is CCC(CC)N(C)c1cccc(Cl)c1CBr. The molecular weight excluding hydrogens is 286 g/mol. The Balaban J connectivity index is 3.07. The third-order valence-corrected chi connectivity index (χ3v) is 4.01. The average molecular weight is 305 g/mol. The molecule has 0 bridgehead atoms. The first kappa shape index (κ1) is 13.9. The van der Waals surface area contributed by atoms with Crippen molar-refractivity contribution in [3.63, 3.8) is 0 Å². The first-order chi connectivity index (χ1) is 7.65. The van der Waals surface area contributed by atoms with Gasteiger partial charge in [-0.05, 0) is 25.0 Å². The molecule has 0 unspecified atom stereocenters. The van der Waals surface area contributed by atoms with Crippen molar-refractivity contribution in [3.8, 4) is 0 Å². The summed E-state index contributed by atoms with van der Waals surface area (Å²) < 4.78 is 0. The van der Waals surface area contributed by atoms with Crippen LogP contribution in [0.15, 0.2) is 18.2 Å². The fourth-order valence-corrected chi connectivity index (χ4v) is 3.03. The van der Waals surface area contributed by atoms with Crippen LogP contribution in [-0.2, 0) is 5.33 Å². The minimum absolute atomic E-state index is 0.580. The predicted molar refractivity (Wildman–Crippen MR) is 76.9 cm³/mol. The number of hydrogen-bond acceptors (Lipinski definition) is 1. The van der Waals surface area contributed by atoms with E-state index in [-0.39, 0.29) is 0 Å². The number of benzene rings is 1. The highest BCUT2D eigenvalue weighted by Crippen LogP contribution is 2.30. The molecule has 0 atom stereocenters. The summed E-state index contributed by atoms with van der Waals surface area (Å²) in [7, 11) is 2.15. The summed E-state index contributed by atoms with van der Waals surface area (Å²) in [6, 6.07) is 6.68. The van der Waals surface area contributed by atoms with Gasteiger partial charge in [0.2, 0.25) is 0 Å². The molecule has 1 aromatic carbocycles. The number of hydrogen-bond donors (Lipinski definition) is 0. The zero-order chi connectivity index (χ0) is 12.1. The van der Waals surface area contributed by atoms with Crippen LogP contribution in [0.25, 0.3) is 0 Å². The normalized spacial score (nSPS) is 10.9. The lowest BCUT2D eigenvalue weighted by Crippen LogP contribution is -2.31. The molecule has 0 aliphatic heterocycles. The van der Waals surface area contributed by atoms with Crippen LogP contribution in [0.2, 0.25) is 5.02 Å². The van der Waals surface area contributed by atoms with E-state index in [1.165, 1.54) is 11.3 Å². The summed E-state index contributed by atoms with van der Waals surface area (Å²) in [6.07, 6.45) is 2.31. The molecule has 90 valence electrons. The van der Waals surface area contributed by atoms with Crippen molar-refractivity contribution in [2.75, 3.05) is 11.9 Å². The molecule has 0 saturated heterocycles. The predicted octanol–water partition coefficient (Wildman–Crippen LogP) is 4.86. The van der Waals surface area contributed by atoms with Crippen molar-refractivity contribution < 1.29 is 0 Å². The summed E-state index contributed by atoms with van der Waals surface area (Å²) in [5, 5.41) is 1.64. The topological polar surface area (TPSA) is 3.24 Å². The highest BCUT2D eigenvalue weighted by molar-refractivity contribution is 9.08. The molecule has 0 N–H and O–H groups in total. The van der Waals surface area contributed by atoms with E-state index in [0.717, 1.165) is 23.2 Å². The molecule has 0 aliphatic carbocycles. The molecule has 0 spiro atoms. The van der Waals surface area contributed by atoms with Gasteiger partial charge in [0.15, 0.2) is 0 Å². The molecule has 0 aromatic heterocycles. The van der Waals surface area contributed by atoms with Crippen LogP contribution in [0.3, 0.4) is 0 Å². The second-order valence-electron chi connectivity index (χ2n) is 3.95. The zero-order valence-corrected chi connectivity index (χ0v) is 12.5. The molecule has 1 nitrogen and oxygen atoms in total. The second kappa shape index (κ2) is 6.51. The first-order valence-electron chi connectivity index (χ1n) is 5.71. The quantitative estimate of drug-likeness (QED) is 0.702. The fourth-order valence-electron chi connectivity index (χ4n) is 2.04. The van der Waals surface area contributed by atoms with Gasteiger partial charge in [-0.3, -0.25) is 0 Å². The average Bonchev–Trinajstić information content (AvgIpc) is 2.30. The molecule has 1 aromatic rings. The van der Waals surface area contributed by atoms with Crippen molar-refractivity contribution in [2.45, 2.75) is 38.1 Å². The molecule has 0 saturated carbocycles. The Labute approximate surface area is 112 Å². The number of rotatable bonds is 5. The van der Waals surface area contributed by atoms with Crippen LogP contribution < -0.4 is 4.90 Å². The molecule has 0 aliphatic rings. The largest absolute Gasteiger partial charge is 0.371 e. The molecule has 0 radical (unpaired) electrons. The Morgan fingerprint density at radius 1 is 1.31 bits per heavy atom. The maximum Gasteiger partial charge on any atom is 0.0467 e. The van der Waals surface area contributed by atoms with Crippen molar-refractivity contribution in [3.05, 3.63) is 28.8 Å². The molecular formula is C13H19BrClN. The number of halogens is 2. The van der Waals surface area contributed by atoms with Gasteiger partial charge in [0.25, 0.3) is 0 Å². The Kier molecular flexibility index (Phi) is 5.63. The van der Waals surface area contributed by atoms with Crippen LogP contribution in [0.5, 0.6) is 0 Å². The van der Waals surface area contributed by atoms with Gasteiger partial charge in [-0.15, -0.1) is 0 Å². The van der Waals surface area contributed by atoms with Crippen molar-refractivity contribution in [1.82, 2.24) is 0 Å². The molecule has 16 heavy (non-hydrogen) atoms. The van der Waals surface area contributed by atoms with Crippen molar-refractivity contribution in [1.29, 1.82) is 0 Å². The van der Waals surface area contributed by atoms with E-state index in [1.807, 2.05) is 12.1 Å². The third kappa shape index (κ3) is 2.92. The lowest BCUT2D eigenvalue weighted by molar-refractivity contribution is 0.590. The number of anilines is 1.